The van der Waals surface area contributed by atoms with Crippen LogP contribution >= 0.6 is 11.3 Å². The van der Waals surface area contributed by atoms with Crippen LogP contribution in [-0.4, -0.2) is 37.7 Å². The minimum absolute atomic E-state index is 0.0657. The summed E-state index contributed by atoms with van der Waals surface area (Å²) in [6.45, 7) is 3.59. The van der Waals surface area contributed by atoms with Crippen LogP contribution in [0.3, 0.4) is 0 Å². The van der Waals surface area contributed by atoms with Crippen molar-refractivity contribution in [2.24, 2.45) is 0 Å². The van der Waals surface area contributed by atoms with E-state index in [2.05, 4.69) is 4.98 Å². The van der Waals surface area contributed by atoms with E-state index < -0.39 is 17.9 Å². The number of hydrogen-bond acceptors (Lipinski definition) is 9. The average molecular weight is 507 g/mol. The molecule has 1 aliphatic heterocycles. The predicted octanol–water partition coefficient (Wildman–Crippen LogP) is 4.50. The summed E-state index contributed by atoms with van der Waals surface area (Å²) < 4.78 is 21.9. The maximum Gasteiger partial charge on any atom is 0.350 e. The molecule has 4 aromatic rings. The van der Waals surface area contributed by atoms with Gasteiger partial charge in [-0.1, -0.05) is 29.5 Å². The molecular formula is C26H22N2O7S. The summed E-state index contributed by atoms with van der Waals surface area (Å²) in [5.74, 6) is -0.188. The normalized spacial score (nSPS) is 14.7. The number of amides is 1. The van der Waals surface area contributed by atoms with Gasteiger partial charge in [0.05, 0.1) is 43.5 Å². The SMILES string of the molecule is CCOC(=O)c1sc(N2C(=O)c3oc4ccccc4c(=O)c3[C@H]2c2ccc(OC)c(OC)c2)nc1C. The van der Waals surface area contributed by atoms with E-state index in [1.165, 1.54) is 19.1 Å². The molecule has 3 heterocycles. The molecule has 0 bridgehead atoms. The Balaban J connectivity index is 1.76. The summed E-state index contributed by atoms with van der Waals surface area (Å²) in [6, 6.07) is 11.1. The highest BCUT2D eigenvalue weighted by Gasteiger charge is 2.45. The van der Waals surface area contributed by atoms with Gasteiger partial charge in [0.15, 0.2) is 22.1 Å². The molecule has 0 aliphatic carbocycles. The molecule has 0 saturated carbocycles. The van der Waals surface area contributed by atoms with Gasteiger partial charge in [-0.15, -0.1) is 0 Å². The lowest BCUT2D eigenvalue weighted by atomic mass is 9.98. The predicted molar refractivity (Wildman–Crippen MR) is 133 cm³/mol. The molecule has 0 spiro atoms. The largest absolute Gasteiger partial charge is 0.493 e. The summed E-state index contributed by atoms with van der Waals surface area (Å²) in [5, 5.41) is 0.606. The molecule has 0 fully saturated rings. The highest BCUT2D eigenvalue weighted by Crippen LogP contribution is 2.44. The number of thiazole rings is 1. The number of carbonyl (C=O) groups excluding carboxylic acids is 2. The Labute approximate surface area is 209 Å². The van der Waals surface area contributed by atoms with Crippen LogP contribution in [-0.2, 0) is 4.74 Å². The maximum atomic E-state index is 13.8. The van der Waals surface area contributed by atoms with Crippen LogP contribution in [0.4, 0.5) is 5.13 Å². The molecule has 184 valence electrons. The van der Waals surface area contributed by atoms with Crippen molar-refractivity contribution in [3.63, 3.8) is 0 Å². The van der Waals surface area contributed by atoms with Gasteiger partial charge in [-0.2, -0.15) is 0 Å². The lowest BCUT2D eigenvalue weighted by Crippen LogP contribution is -2.29. The smallest absolute Gasteiger partial charge is 0.350 e. The second-order valence-electron chi connectivity index (χ2n) is 7.99. The van der Waals surface area contributed by atoms with E-state index in [9.17, 15) is 14.4 Å². The van der Waals surface area contributed by atoms with Gasteiger partial charge in [0.2, 0.25) is 5.76 Å². The Bertz CT molecular complexity index is 1570. The topological polar surface area (TPSA) is 108 Å². The standard InChI is InChI=1S/C26H22N2O7S/c1-5-34-25(31)23-13(2)27-26(36-23)28-20(14-10-11-17(32-3)18(12-14)33-4)19-21(29)15-8-6-7-9-16(15)35-22(19)24(28)30/h6-12,20H,5H2,1-4H3/t20-/m1/s1. The molecule has 1 aliphatic rings. The van der Waals surface area contributed by atoms with Crippen LogP contribution in [0, 0.1) is 6.92 Å². The second kappa shape index (κ2) is 9.12. The maximum absolute atomic E-state index is 13.8. The first-order valence-corrected chi connectivity index (χ1v) is 12.0. The van der Waals surface area contributed by atoms with Gasteiger partial charge in [0.1, 0.15) is 10.5 Å². The molecule has 2 aromatic heterocycles. The van der Waals surface area contributed by atoms with Crippen molar-refractivity contribution >= 4 is 39.3 Å². The number of carbonyl (C=O) groups is 2. The first-order valence-electron chi connectivity index (χ1n) is 11.1. The van der Waals surface area contributed by atoms with Gasteiger partial charge in [0.25, 0.3) is 5.91 Å². The number of fused-ring (bicyclic) bond motifs is 2. The van der Waals surface area contributed by atoms with Gasteiger partial charge in [0, 0.05) is 0 Å². The van der Waals surface area contributed by atoms with Crippen molar-refractivity contribution in [2.75, 3.05) is 25.7 Å². The molecule has 5 rings (SSSR count). The molecule has 0 unspecified atom stereocenters. The van der Waals surface area contributed by atoms with Crippen molar-refractivity contribution in [3.05, 3.63) is 80.1 Å². The molecule has 36 heavy (non-hydrogen) atoms. The summed E-state index contributed by atoms with van der Waals surface area (Å²) >= 11 is 1.03. The number of anilines is 1. The highest BCUT2D eigenvalue weighted by molar-refractivity contribution is 7.17. The molecule has 10 heteroatoms. The summed E-state index contributed by atoms with van der Waals surface area (Å²) in [7, 11) is 3.03. The van der Waals surface area contributed by atoms with Gasteiger partial charge >= 0.3 is 5.97 Å². The van der Waals surface area contributed by atoms with Crippen LogP contribution in [0.1, 0.15) is 50.0 Å². The molecular weight excluding hydrogens is 484 g/mol. The third kappa shape index (κ3) is 3.61. The number of benzene rings is 2. The molecule has 2 aromatic carbocycles. The van der Waals surface area contributed by atoms with Gasteiger partial charge < -0.3 is 18.6 Å². The number of aryl methyl sites for hydroxylation is 1. The van der Waals surface area contributed by atoms with Crippen molar-refractivity contribution in [2.45, 2.75) is 19.9 Å². The summed E-state index contributed by atoms with van der Waals surface area (Å²) in [5.41, 5.74) is 1.20. The first kappa shape index (κ1) is 23.6. The molecule has 0 radical (unpaired) electrons. The minimum Gasteiger partial charge on any atom is -0.493 e. The minimum atomic E-state index is -0.867. The van der Waals surface area contributed by atoms with Crippen molar-refractivity contribution in [3.8, 4) is 11.5 Å². The van der Waals surface area contributed by atoms with E-state index in [1.54, 1.807) is 56.3 Å². The zero-order valence-electron chi connectivity index (χ0n) is 20.0. The van der Waals surface area contributed by atoms with E-state index in [0.29, 0.717) is 33.7 Å². The number of ether oxygens (including phenoxy) is 3. The number of nitrogens with zero attached hydrogens (tertiary/aromatic N) is 2. The quantitative estimate of drug-likeness (QED) is 0.352. The molecule has 1 atom stereocenters. The molecule has 0 saturated heterocycles. The van der Waals surface area contributed by atoms with Gasteiger partial charge in [-0.25, -0.2) is 9.78 Å². The third-order valence-electron chi connectivity index (χ3n) is 5.95. The number of aromatic nitrogens is 1. The summed E-state index contributed by atoms with van der Waals surface area (Å²) in [6.07, 6.45) is 0. The Morgan fingerprint density at radius 1 is 1.11 bits per heavy atom. The van der Waals surface area contributed by atoms with E-state index in [4.69, 9.17) is 18.6 Å². The Morgan fingerprint density at radius 2 is 1.86 bits per heavy atom. The van der Waals surface area contributed by atoms with Crippen molar-refractivity contribution in [1.82, 2.24) is 4.98 Å². The lowest BCUT2D eigenvalue weighted by molar-refractivity contribution is 0.0531. The molecule has 0 N–H and O–H groups in total. The summed E-state index contributed by atoms with van der Waals surface area (Å²) in [4.78, 5) is 46.1. The van der Waals surface area contributed by atoms with Crippen LogP contribution in [0.2, 0.25) is 0 Å². The van der Waals surface area contributed by atoms with Gasteiger partial charge in [-0.3, -0.25) is 14.5 Å². The zero-order chi connectivity index (χ0) is 25.6. The second-order valence-corrected chi connectivity index (χ2v) is 8.97. The number of hydrogen-bond donors (Lipinski definition) is 0. The fourth-order valence-corrected chi connectivity index (χ4v) is 5.31. The Hall–Kier alpha value is -4.18. The van der Waals surface area contributed by atoms with Crippen LogP contribution in [0.15, 0.2) is 51.7 Å². The van der Waals surface area contributed by atoms with Crippen LogP contribution in [0.25, 0.3) is 11.0 Å². The van der Waals surface area contributed by atoms with Crippen molar-refractivity contribution < 1.29 is 28.2 Å². The number of methoxy groups -OCH3 is 2. The van der Waals surface area contributed by atoms with E-state index >= 15 is 0 Å². The van der Waals surface area contributed by atoms with Crippen molar-refractivity contribution in [1.29, 1.82) is 0 Å². The fraction of sp³-hybridized carbons (Fsp3) is 0.231. The number of esters is 1. The first-order chi connectivity index (χ1) is 17.4. The average Bonchev–Trinajstić information content (AvgIpc) is 3.41. The monoisotopic (exact) mass is 506 g/mol. The Morgan fingerprint density at radius 3 is 2.58 bits per heavy atom. The number of rotatable bonds is 6. The van der Waals surface area contributed by atoms with Crippen LogP contribution in [0.5, 0.6) is 11.5 Å². The highest BCUT2D eigenvalue weighted by atomic mass is 32.1. The molecule has 1 amide bonds. The fourth-order valence-electron chi connectivity index (χ4n) is 4.33. The van der Waals surface area contributed by atoms with Crippen LogP contribution < -0.4 is 19.8 Å². The van der Waals surface area contributed by atoms with E-state index in [-0.39, 0.29) is 33.4 Å². The molecule has 9 nitrogen and oxygen atoms in total. The van der Waals surface area contributed by atoms with E-state index in [1.807, 2.05) is 0 Å². The Kier molecular flexibility index (Phi) is 5.97. The van der Waals surface area contributed by atoms with E-state index in [0.717, 1.165) is 11.3 Å². The number of para-hydroxylation sites is 1. The van der Waals surface area contributed by atoms with Gasteiger partial charge in [-0.05, 0) is 43.7 Å². The zero-order valence-corrected chi connectivity index (χ0v) is 20.8. The third-order valence-corrected chi connectivity index (χ3v) is 7.09. The lowest BCUT2D eigenvalue weighted by Gasteiger charge is -2.23.